The van der Waals surface area contributed by atoms with Gasteiger partial charge in [0.05, 0.1) is 17.2 Å². The molecule has 0 bridgehead atoms. The van der Waals surface area contributed by atoms with Crippen LogP contribution in [0.3, 0.4) is 0 Å². The summed E-state index contributed by atoms with van der Waals surface area (Å²) in [6.07, 6.45) is -0.0963. The minimum absolute atomic E-state index is 0.0239. The van der Waals surface area contributed by atoms with Crippen LogP contribution in [0.5, 0.6) is 0 Å². The van der Waals surface area contributed by atoms with Crippen molar-refractivity contribution in [3.05, 3.63) is 111 Å². The molecule has 198 valence electrons. The van der Waals surface area contributed by atoms with Gasteiger partial charge in [-0.3, -0.25) is 4.79 Å². The summed E-state index contributed by atoms with van der Waals surface area (Å²) in [6.45, 7) is 2.76. The Bertz CT molecular complexity index is 1380. The Balaban J connectivity index is 1.47. The third kappa shape index (κ3) is 7.45. The van der Waals surface area contributed by atoms with Gasteiger partial charge in [0, 0.05) is 30.1 Å². The van der Waals surface area contributed by atoms with E-state index in [-0.39, 0.29) is 18.7 Å². The van der Waals surface area contributed by atoms with Crippen LogP contribution in [0.25, 0.3) is 10.6 Å². The van der Waals surface area contributed by atoms with Gasteiger partial charge in [0.1, 0.15) is 22.3 Å². The van der Waals surface area contributed by atoms with Gasteiger partial charge in [0.25, 0.3) is 5.91 Å². The average Bonchev–Trinajstić information content (AvgIpc) is 3.38. The highest BCUT2D eigenvalue weighted by molar-refractivity contribution is 7.13. The minimum Gasteiger partial charge on any atom is -0.390 e. The van der Waals surface area contributed by atoms with Gasteiger partial charge in [0.15, 0.2) is 0 Å². The normalized spacial score (nSPS) is 12.8. The summed E-state index contributed by atoms with van der Waals surface area (Å²) >= 11 is 7.54. The molecule has 0 aliphatic carbocycles. The van der Waals surface area contributed by atoms with E-state index in [1.807, 2.05) is 30.3 Å². The summed E-state index contributed by atoms with van der Waals surface area (Å²) in [7, 11) is 0. The van der Waals surface area contributed by atoms with Crippen LogP contribution < -0.4 is 10.6 Å². The van der Waals surface area contributed by atoms with Crippen molar-refractivity contribution in [3.8, 4) is 10.6 Å². The highest BCUT2D eigenvalue weighted by Gasteiger charge is 2.24. The molecule has 0 saturated heterocycles. The molecule has 1 heterocycles. The van der Waals surface area contributed by atoms with E-state index in [0.29, 0.717) is 27.7 Å². The summed E-state index contributed by atoms with van der Waals surface area (Å²) in [5, 5.41) is 19.7. The summed E-state index contributed by atoms with van der Waals surface area (Å²) in [5.74, 6) is -1.95. The van der Waals surface area contributed by atoms with Crippen LogP contribution in [-0.2, 0) is 19.4 Å². The maximum Gasteiger partial charge on any atom is 0.271 e. The number of amides is 1. The van der Waals surface area contributed by atoms with Crippen molar-refractivity contribution >= 4 is 28.8 Å². The Morgan fingerprint density at radius 3 is 2.50 bits per heavy atom. The van der Waals surface area contributed by atoms with Crippen molar-refractivity contribution in [2.24, 2.45) is 0 Å². The van der Waals surface area contributed by atoms with Crippen molar-refractivity contribution in [2.45, 2.75) is 38.5 Å². The first-order chi connectivity index (χ1) is 18.3. The number of nitrogens with zero attached hydrogens (tertiary/aromatic N) is 1. The molecule has 4 rings (SSSR count). The third-order valence-corrected chi connectivity index (χ3v) is 7.29. The maximum absolute atomic E-state index is 13.8. The van der Waals surface area contributed by atoms with E-state index in [1.54, 1.807) is 11.4 Å². The van der Waals surface area contributed by atoms with Gasteiger partial charge >= 0.3 is 0 Å². The summed E-state index contributed by atoms with van der Waals surface area (Å²) in [5.41, 5.74) is 3.47. The lowest BCUT2D eigenvalue weighted by molar-refractivity contribution is 0.0826. The molecule has 38 heavy (non-hydrogen) atoms. The SMILES string of the molecule is CCc1cccc(CNCC(O)C(Cc2cc(F)cc(F)c2)NC(=O)c2csc(-c3ccccc3Cl)n2)c1. The summed E-state index contributed by atoms with van der Waals surface area (Å²) in [4.78, 5) is 17.5. The number of hydrogen-bond acceptors (Lipinski definition) is 5. The first-order valence-corrected chi connectivity index (χ1v) is 13.5. The molecule has 1 aromatic heterocycles. The van der Waals surface area contributed by atoms with E-state index in [4.69, 9.17) is 11.6 Å². The zero-order chi connectivity index (χ0) is 27.1. The molecule has 3 aromatic carbocycles. The number of aliphatic hydroxyl groups is 1. The van der Waals surface area contributed by atoms with Crippen LogP contribution in [0.4, 0.5) is 8.78 Å². The van der Waals surface area contributed by atoms with Crippen LogP contribution in [0.15, 0.2) is 72.1 Å². The molecule has 1 amide bonds. The second-order valence-electron chi connectivity index (χ2n) is 8.95. The minimum atomic E-state index is -1.04. The first kappa shape index (κ1) is 27.9. The van der Waals surface area contributed by atoms with Crippen LogP contribution in [-0.4, -0.2) is 34.7 Å². The number of aromatic nitrogens is 1. The number of carbonyl (C=O) groups is 1. The van der Waals surface area contributed by atoms with Gasteiger partial charge in [-0.15, -0.1) is 11.3 Å². The third-order valence-electron chi connectivity index (χ3n) is 6.08. The smallest absolute Gasteiger partial charge is 0.271 e. The van der Waals surface area contributed by atoms with Crippen molar-refractivity contribution < 1.29 is 18.7 Å². The lowest BCUT2D eigenvalue weighted by Crippen LogP contribution is -2.48. The van der Waals surface area contributed by atoms with Crippen molar-refractivity contribution in [2.75, 3.05) is 6.54 Å². The lowest BCUT2D eigenvalue weighted by Gasteiger charge is -2.24. The second kappa shape index (κ2) is 13.1. The van der Waals surface area contributed by atoms with Crippen LogP contribution in [0, 0.1) is 11.6 Å². The monoisotopic (exact) mass is 555 g/mol. The fraction of sp³-hybridized carbons (Fsp3) is 0.241. The van der Waals surface area contributed by atoms with E-state index >= 15 is 0 Å². The number of halogens is 3. The first-order valence-electron chi connectivity index (χ1n) is 12.2. The molecule has 0 aliphatic rings. The molecule has 0 saturated carbocycles. The van der Waals surface area contributed by atoms with E-state index in [0.717, 1.165) is 18.1 Å². The molecule has 9 heteroatoms. The number of nitrogens with one attached hydrogen (secondary N) is 2. The number of aliphatic hydroxyl groups excluding tert-OH is 1. The van der Waals surface area contributed by atoms with E-state index < -0.39 is 29.7 Å². The molecule has 0 spiro atoms. The number of carbonyl (C=O) groups excluding carboxylic acids is 1. The standard InChI is InChI=1S/C29H28ClF2N3O2S/c1-2-18-6-5-7-19(10-18)15-33-16-27(36)25(13-20-11-21(31)14-22(32)12-20)34-28(37)26-17-38-29(35-26)23-8-3-4-9-24(23)30/h3-12,14,17,25,27,33,36H,2,13,15-16H2,1H3,(H,34,37). The molecule has 0 fully saturated rings. The molecular weight excluding hydrogens is 528 g/mol. The van der Waals surface area contributed by atoms with Gasteiger partial charge < -0.3 is 15.7 Å². The molecule has 0 radical (unpaired) electrons. The quantitative estimate of drug-likeness (QED) is 0.219. The van der Waals surface area contributed by atoms with Gasteiger partial charge in [-0.05, 0) is 47.7 Å². The van der Waals surface area contributed by atoms with Crippen LogP contribution >= 0.6 is 22.9 Å². The Labute approximate surface area is 229 Å². The predicted molar refractivity (Wildman–Crippen MR) is 147 cm³/mol. The van der Waals surface area contributed by atoms with Crippen molar-refractivity contribution in [3.63, 3.8) is 0 Å². The Hall–Kier alpha value is -3.17. The average molecular weight is 556 g/mol. The number of hydrogen-bond donors (Lipinski definition) is 3. The molecular formula is C29H28ClF2N3O2S. The van der Waals surface area contributed by atoms with Crippen molar-refractivity contribution in [1.29, 1.82) is 0 Å². The van der Waals surface area contributed by atoms with Crippen LogP contribution in [0.1, 0.15) is 34.1 Å². The highest BCUT2D eigenvalue weighted by atomic mass is 35.5. The highest BCUT2D eigenvalue weighted by Crippen LogP contribution is 2.30. The summed E-state index contributed by atoms with van der Waals surface area (Å²) in [6, 6.07) is 17.7. The Morgan fingerprint density at radius 1 is 1.03 bits per heavy atom. The number of thiazole rings is 1. The largest absolute Gasteiger partial charge is 0.390 e. The number of aryl methyl sites for hydroxylation is 1. The van der Waals surface area contributed by atoms with Gasteiger partial charge in [0.2, 0.25) is 0 Å². The number of benzene rings is 3. The maximum atomic E-state index is 13.8. The number of rotatable bonds is 11. The molecule has 2 unspecified atom stereocenters. The van der Waals surface area contributed by atoms with Gasteiger partial charge in [-0.2, -0.15) is 0 Å². The van der Waals surface area contributed by atoms with E-state index in [2.05, 4.69) is 34.7 Å². The Kier molecular flexibility index (Phi) is 9.58. The Morgan fingerprint density at radius 2 is 1.76 bits per heavy atom. The molecule has 2 atom stereocenters. The van der Waals surface area contributed by atoms with Gasteiger partial charge in [-0.1, -0.05) is 61.0 Å². The van der Waals surface area contributed by atoms with E-state index in [9.17, 15) is 18.7 Å². The fourth-order valence-corrected chi connectivity index (χ4v) is 5.23. The summed E-state index contributed by atoms with van der Waals surface area (Å²) < 4.78 is 27.7. The zero-order valence-electron chi connectivity index (χ0n) is 20.8. The second-order valence-corrected chi connectivity index (χ2v) is 10.2. The van der Waals surface area contributed by atoms with E-state index in [1.165, 1.54) is 29.0 Å². The molecule has 0 aliphatic heterocycles. The lowest BCUT2D eigenvalue weighted by atomic mass is 10.00. The molecule has 5 nitrogen and oxygen atoms in total. The van der Waals surface area contributed by atoms with Crippen LogP contribution in [0.2, 0.25) is 5.02 Å². The topological polar surface area (TPSA) is 74.2 Å². The predicted octanol–water partition coefficient (Wildman–Crippen LogP) is 5.80. The fourth-order valence-electron chi connectivity index (χ4n) is 4.11. The van der Waals surface area contributed by atoms with Crippen molar-refractivity contribution in [1.82, 2.24) is 15.6 Å². The molecule has 3 N–H and O–H groups in total. The zero-order valence-corrected chi connectivity index (χ0v) is 22.3. The van der Waals surface area contributed by atoms with Gasteiger partial charge in [-0.25, -0.2) is 13.8 Å². The molecule has 4 aromatic rings.